The SMILES string of the molecule is C=C1CC[C@H]2C3Cc4ccc(C)c5c4[C@@]2(CC[N@+]3(C)COC(=O)C(C)(C)C)[C@H]1O5. The Morgan fingerprint density at radius 2 is 2.14 bits per heavy atom. The third-order valence-electron chi connectivity index (χ3n) is 8.25. The normalized spacial score (nSPS) is 37.0. The molecular weight excluding hydrogens is 362 g/mol. The average Bonchev–Trinajstić information content (AvgIpc) is 3.02. The minimum absolute atomic E-state index is 0.0702. The highest BCUT2D eigenvalue weighted by Crippen LogP contribution is 2.64. The van der Waals surface area contributed by atoms with Gasteiger partial charge >= 0.3 is 5.97 Å². The summed E-state index contributed by atoms with van der Waals surface area (Å²) >= 11 is 0. The number of quaternary nitrogens is 1. The van der Waals surface area contributed by atoms with Crippen molar-refractivity contribution in [2.75, 3.05) is 20.3 Å². The molecule has 29 heavy (non-hydrogen) atoms. The molecule has 2 fully saturated rings. The van der Waals surface area contributed by atoms with Crippen LogP contribution in [0.4, 0.5) is 0 Å². The molecule has 0 radical (unpaired) electrons. The molecule has 4 aliphatic rings. The van der Waals surface area contributed by atoms with Gasteiger partial charge in [-0.05, 0) is 57.2 Å². The molecule has 2 aliphatic carbocycles. The van der Waals surface area contributed by atoms with Crippen molar-refractivity contribution in [2.24, 2.45) is 11.3 Å². The summed E-state index contributed by atoms with van der Waals surface area (Å²) in [5, 5.41) is 0. The van der Waals surface area contributed by atoms with E-state index in [0.717, 1.165) is 42.5 Å². The molecule has 0 amide bonds. The summed E-state index contributed by atoms with van der Waals surface area (Å²) in [4.78, 5) is 12.5. The molecule has 1 saturated heterocycles. The standard InChI is InChI=1S/C25H34NO3/c1-15-7-9-17-13-19-18-10-8-16(2)22-25(18,20(17)21(15)29-22)11-12-26(19,6)14-28-23(27)24(3,4)5/h7,9,18-19,22H,2,8,10-14H2,1,3-6H3/q+1/t18-,19?,22-,25-,26+/m0/s1. The third-order valence-corrected chi connectivity index (χ3v) is 8.25. The van der Waals surface area contributed by atoms with Crippen LogP contribution in [0.25, 0.3) is 0 Å². The maximum atomic E-state index is 12.5. The van der Waals surface area contributed by atoms with E-state index in [0.29, 0.717) is 18.7 Å². The predicted octanol–water partition coefficient (Wildman–Crippen LogP) is 4.28. The second-order valence-electron chi connectivity index (χ2n) is 11.1. The number of piperidine rings is 1. The fourth-order valence-corrected chi connectivity index (χ4v) is 6.66. The first-order chi connectivity index (χ1) is 13.6. The van der Waals surface area contributed by atoms with E-state index < -0.39 is 5.41 Å². The van der Waals surface area contributed by atoms with E-state index in [1.807, 2.05) is 20.8 Å². The smallest absolute Gasteiger partial charge is 0.315 e. The van der Waals surface area contributed by atoms with Crippen molar-refractivity contribution in [1.29, 1.82) is 0 Å². The molecule has 2 aliphatic heterocycles. The number of carbonyl (C=O) groups is 1. The molecule has 2 heterocycles. The van der Waals surface area contributed by atoms with E-state index in [9.17, 15) is 4.79 Å². The first kappa shape index (κ1) is 19.2. The van der Waals surface area contributed by atoms with Crippen LogP contribution in [0.1, 0.15) is 56.7 Å². The lowest BCUT2D eigenvalue weighted by Crippen LogP contribution is -2.71. The molecule has 4 nitrogen and oxygen atoms in total. The second-order valence-corrected chi connectivity index (χ2v) is 11.1. The summed E-state index contributed by atoms with van der Waals surface area (Å²) in [5.41, 5.74) is 5.05. The number of rotatable bonds is 2. The summed E-state index contributed by atoms with van der Waals surface area (Å²) in [6.45, 7) is 13.8. The monoisotopic (exact) mass is 396 g/mol. The van der Waals surface area contributed by atoms with Crippen molar-refractivity contribution in [2.45, 2.75) is 70.9 Å². The lowest BCUT2D eigenvalue weighted by atomic mass is 9.50. The van der Waals surface area contributed by atoms with Crippen LogP contribution in [0, 0.1) is 18.3 Å². The van der Waals surface area contributed by atoms with Crippen molar-refractivity contribution in [1.82, 2.24) is 0 Å². The topological polar surface area (TPSA) is 35.5 Å². The van der Waals surface area contributed by atoms with E-state index in [-0.39, 0.29) is 17.5 Å². The van der Waals surface area contributed by atoms with Gasteiger partial charge in [0.15, 0.2) is 0 Å². The number of likely N-dealkylation sites (N-methyl/N-ethyl adjacent to an activating group) is 1. The van der Waals surface area contributed by atoms with Crippen LogP contribution in [0.3, 0.4) is 0 Å². The number of nitrogens with zero attached hydrogens (tertiary/aromatic N) is 1. The summed E-state index contributed by atoms with van der Waals surface area (Å²) in [6.07, 6.45) is 4.44. The van der Waals surface area contributed by atoms with Gasteiger partial charge in [-0.1, -0.05) is 18.7 Å². The van der Waals surface area contributed by atoms with E-state index in [1.54, 1.807) is 0 Å². The first-order valence-corrected chi connectivity index (χ1v) is 11.1. The molecule has 0 aromatic heterocycles. The minimum Gasteiger partial charge on any atom is -0.485 e. The number of carbonyl (C=O) groups excluding carboxylic acids is 1. The van der Waals surface area contributed by atoms with E-state index >= 15 is 0 Å². The molecule has 2 bridgehead atoms. The Labute approximate surface area is 174 Å². The van der Waals surface area contributed by atoms with Crippen LogP contribution in [0.15, 0.2) is 24.3 Å². The van der Waals surface area contributed by atoms with Gasteiger partial charge in [0.2, 0.25) is 6.73 Å². The van der Waals surface area contributed by atoms with E-state index in [2.05, 4.69) is 32.7 Å². The van der Waals surface area contributed by atoms with Gasteiger partial charge in [-0.25, -0.2) is 0 Å². The molecule has 156 valence electrons. The zero-order valence-corrected chi connectivity index (χ0v) is 18.5. The van der Waals surface area contributed by atoms with Gasteiger partial charge in [-0.2, -0.15) is 0 Å². The van der Waals surface area contributed by atoms with Crippen molar-refractivity contribution >= 4 is 5.97 Å². The number of ether oxygens (including phenoxy) is 2. The van der Waals surface area contributed by atoms with Crippen molar-refractivity contribution in [3.8, 4) is 5.75 Å². The Morgan fingerprint density at radius 1 is 1.38 bits per heavy atom. The number of likely N-dealkylation sites (tertiary alicyclic amines) is 1. The Bertz CT molecular complexity index is 913. The van der Waals surface area contributed by atoms with Gasteiger partial charge in [0.25, 0.3) is 0 Å². The second kappa shape index (κ2) is 5.87. The fourth-order valence-electron chi connectivity index (χ4n) is 6.66. The van der Waals surface area contributed by atoms with Gasteiger partial charge in [-0.15, -0.1) is 0 Å². The number of aryl methyl sites for hydroxylation is 1. The molecule has 5 rings (SSSR count). The van der Waals surface area contributed by atoms with Crippen molar-refractivity contribution in [3.63, 3.8) is 0 Å². The average molecular weight is 397 g/mol. The summed E-state index contributed by atoms with van der Waals surface area (Å²) < 4.78 is 13.3. The lowest BCUT2D eigenvalue weighted by molar-refractivity contribution is -0.959. The molecule has 1 aromatic carbocycles. The fraction of sp³-hybridized carbons (Fsp3) is 0.640. The van der Waals surface area contributed by atoms with Crippen LogP contribution < -0.4 is 4.74 Å². The number of benzene rings is 1. The summed E-state index contributed by atoms with van der Waals surface area (Å²) in [6, 6.07) is 4.99. The molecule has 1 aromatic rings. The number of hydrogen-bond donors (Lipinski definition) is 0. The van der Waals surface area contributed by atoms with Crippen LogP contribution in [0.5, 0.6) is 5.75 Å². The Hall–Kier alpha value is -1.81. The van der Waals surface area contributed by atoms with E-state index in [1.165, 1.54) is 22.3 Å². The van der Waals surface area contributed by atoms with Crippen molar-refractivity contribution in [3.05, 3.63) is 41.0 Å². The largest absolute Gasteiger partial charge is 0.485 e. The quantitative estimate of drug-likeness (QED) is 0.425. The third kappa shape index (κ3) is 2.44. The molecule has 0 N–H and O–H groups in total. The molecule has 4 heteroatoms. The zero-order valence-electron chi connectivity index (χ0n) is 18.5. The summed E-state index contributed by atoms with van der Waals surface area (Å²) in [7, 11) is 2.29. The van der Waals surface area contributed by atoms with Gasteiger partial charge in [0.05, 0.1) is 30.5 Å². The maximum Gasteiger partial charge on any atom is 0.315 e. The number of hydrogen-bond acceptors (Lipinski definition) is 3. The van der Waals surface area contributed by atoms with Gasteiger partial charge < -0.3 is 9.47 Å². The van der Waals surface area contributed by atoms with Gasteiger partial charge in [-0.3, -0.25) is 9.28 Å². The highest BCUT2D eigenvalue weighted by molar-refractivity contribution is 5.75. The van der Waals surface area contributed by atoms with Crippen molar-refractivity contribution < 1.29 is 18.8 Å². The number of esters is 1. The maximum absolute atomic E-state index is 12.5. The van der Waals surface area contributed by atoms with Crippen LogP contribution in [0.2, 0.25) is 0 Å². The Kier molecular flexibility index (Phi) is 3.88. The van der Waals surface area contributed by atoms with Gasteiger partial charge in [0.1, 0.15) is 11.9 Å². The Morgan fingerprint density at radius 3 is 2.86 bits per heavy atom. The van der Waals surface area contributed by atoms with Crippen LogP contribution in [-0.2, 0) is 21.4 Å². The lowest BCUT2D eigenvalue weighted by Gasteiger charge is -2.60. The molecule has 1 spiro atoms. The van der Waals surface area contributed by atoms with Crippen LogP contribution >= 0.6 is 0 Å². The van der Waals surface area contributed by atoms with Gasteiger partial charge in [0, 0.05) is 24.3 Å². The highest BCUT2D eigenvalue weighted by Gasteiger charge is 2.67. The highest BCUT2D eigenvalue weighted by atomic mass is 16.5. The molecular formula is C25H34NO3+. The predicted molar refractivity (Wildman–Crippen MR) is 113 cm³/mol. The van der Waals surface area contributed by atoms with E-state index in [4.69, 9.17) is 9.47 Å². The summed E-state index contributed by atoms with van der Waals surface area (Å²) in [5.74, 6) is 1.58. The molecule has 5 atom stereocenters. The Balaban J connectivity index is 1.56. The first-order valence-electron chi connectivity index (χ1n) is 11.1. The minimum atomic E-state index is -0.464. The zero-order chi connectivity index (χ0) is 20.8. The molecule has 1 unspecified atom stereocenters. The van der Waals surface area contributed by atoms with Crippen LogP contribution in [-0.4, -0.2) is 42.9 Å². The molecule has 1 saturated carbocycles.